The van der Waals surface area contributed by atoms with Crippen molar-refractivity contribution in [1.29, 1.82) is 0 Å². The van der Waals surface area contributed by atoms with Gasteiger partial charge in [0, 0.05) is 35.3 Å². The van der Waals surface area contributed by atoms with Gasteiger partial charge in [-0.05, 0) is 0 Å². The Balaban J connectivity index is 3.65. The van der Waals surface area contributed by atoms with Gasteiger partial charge < -0.3 is 0 Å². The van der Waals surface area contributed by atoms with E-state index in [9.17, 15) is 4.79 Å². The maximum atomic E-state index is 10.1. The molecule has 0 atom stereocenters. The summed E-state index contributed by atoms with van der Waals surface area (Å²) in [6, 6.07) is -1.02. The smallest absolute Gasteiger partial charge is 0.248 e. The zero-order valence-electron chi connectivity index (χ0n) is 3.94. The van der Waals surface area contributed by atoms with E-state index >= 15 is 0 Å². The summed E-state index contributed by atoms with van der Waals surface area (Å²) >= 11 is 14.4. The Hall–Kier alpha value is 0.140. The highest BCUT2D eigenvalue weighted by Crippen LogP contribution is 1.97. The van der Waals surface area contributed by atoms with E-state index in [-0.39, 0.29) is 8.77 Å². The summed E-state index contributed by atoms with van der Waals surface area (Å²) in [4.78, 5) is 10.1. The molecule has 0 unspecified atom stereocenters. The molecule has 0 saturated heterocycles. The van der Waals surface area contributed by atoms with Crippen molar-refractivity contribution in [3.63, 3.8) is 0 Å². The largest absolute Gasteiger partial charge is 0.361 e. The fourth-order valence-electron chi connectivity index (χ4n) is 0.0286. The maximum absolute atomic E-state index is 10.1. The number of carbonyl (C=O) groups is 1. The van der Waals surface area contributed by atoms with Gasteiger partial charge in [-0.2, -0.15) is 0 Å². The van der Waals surface area contributed by atoms with Gasteiger partial charge in [0.15, 0.2) is 1.41 Å². The quantitative estimate of drug-likeness (QED) is 0.540. The van der Waals surface area contributed by atoms with Gasteiger partial charge >= 0.3 is 6.03 Å². The summed E-state index contributed by atoms with van der Waals surface area (Å²) in [7, 11) is 0. The second kappa shape index (κ2) is 3.18. The molecule has 1 N–H and O–H groups in total. The average molecular weight is 164 g/mol. The Labute approximate surface area is 56.9 Å². The minimum atomic E-state index is -1.02. The van der Waals surface area contributed by atoms with E-state index in [2.05, 4.69) is 0 Å². The topological polar surface area (TPSA) is 32.3 Å². The number of carbonyl (C=O) groups excluding carboxylic acids is 1. The first-order valence-corrected chi connectivity index (χ1v) is 2.17. The number of hydrogen-bond donors (Lipinski definition) is 1. The normalized spacial score (nSPS) is 9.86. The number of nitrogens with one attached hydrogen (secondary N) is 1. The lowest BCUT2D eigenvalue weighted by Crippen LogP contribution is -2.19. The molecule has 0 aliphatic heterocycles. The Morgan fingerprint density at radius 2 is 2.29 bits per heavy atom. The molecule has 7 heavy (non-hydrogen) atoms. The van der Waals surface area contributed by atoms with Crippen LogP contribution >= 0.6 is 35.3 Å². The second-order valence-electron chi connectivity index (χ2n) is 0.600. The van der Waals surface area contributed by atoms with Crippen molar-refractivity contribution in [2.24, 2.45) is 0 Å². The Morgan fingerprint density at radius 1 is 1.86 bits per heavy atom. The molecule has 0 radical (unpaired) electrons. The van der Waals surface area contributed by atoms with Gasteiger partial charge in [0.2, 0.25) is 0 Å². The maximum Gasteiger partial charge on any atom is 0.361 e. The Bertz CT molecular complexity index is 85.3. The van der Waals surface area contributed by atoms with E-state index in [1.165, 1.54) is 0 Å². The van der Waals surface area contributed by atoms with Crippen molar-refractivity contribution < 1.29 is 6.21 Å². The second-order valence-corrected chi connectivity index (χ2v) is 1.62. The van der Waals surface area contributed by atoms with Crippen molar-refractivity contribution in [2.75, 3.05) is 0 Å². The van der Waals surface area contributed by atoms with Crippen LogP contribution in [-0.2, 0) is 0 Å². The predicted octanol–water partition coefficient (Wildman–Crippen LogP) is 1.46. The molecule has 0 bridgehead atoms. The summed E-state index contributed by atoms with van der Waals surface area (Å²) in [6.07, 6.45) is 0. The Kier molecular flexibility index (Phi) is 2.40. The van der Waals surface area contributed by atoms with Crippen LogP contribution in [0.4, 0.5) is 4.79 Å². The van der Waals surface area contributed by atoms with Crippen LogP contribution in [0.25, 0.3) is 0 Å². The van der Waals surface area contributed by atoms with Crippen LogP contribution in [0.15, 0.2) is 0 Å². The van der Waals surface area contributed by atoms with E-state index in [4.69, 9.17) is 36.7 Å². The standard InChI is InChI=1S/CHCl3N2O/c2-5-1(7)6(3)4/h(H,5,7)/i/hD. The van der Waals surface area contributed by atoms with Crippen LogP contribution in [0, 0.1) is 0 Å². The van der Waals surface area contributed by atoms with Crippen LogP contribution in [-0.4, -0.2) is 9.97 Å². The van der Waals surface area contributed by atoms with Crippen LogP contribution in [0.2, 0.25) is 1.41 Å². The highest BCUT2D eigenvalue weighted by Gasteiger charge is 2.02. The van der Waals surface area contributed by atoms with Crippen molar-refractivity contribution in [2.45, 2.75) is 0 Å². The fraction of sp³-hybridized carbons (Fsp3) is 0. The van der Waals surface area contributed by atoms with Gasteiger partial charge in [0.25, 0.3) is 0 Å². The molecular formula is CHCl3N2O. The van der Waals surface area contributed by atoms with Gasteiger partial charge in [-0.1, -0.05) is 0 Å². The van der Waals surface area contributed by atoms with Gasteiger partial charge in [-0.3, -0.25) is 0 Å². The fourth-order valence-corrected chi connectivity index (χ4v) is 0.257. The summed E-state index contributed by atoms with van der Waals surface area (Å²) in [5, 5.41) is 0. The SMILES string of the molecule is [2H]N(Cl)C(=O)N(Cl)Cl. The van der Waals surface area contributed by atoms with Crippen LogP contribution < -0.4 is 4.83 Å². The molecule has 0 aromatic carbocycles. The molecular weight excluding hydrogens is 162 g/mol. The zero-order valence-corrected chi connectivity index (χ0v) is 5.20. The first-order valence-electron chi connectivity index (χ1n) is 1.61. The summed E-state index contributed by atoms with van der Waals surface area (Å²) < 4.78 is 6.51. The third-order valence-electron chi connectivity index (χ3n) is 0.217. The molecule has 2 amide bonds. The highest BCUT2D eigenvalue weighted by molar-refractivity contribution is 6.43. The molecule has 0 fully saturated rings. The monoisotopic (exact) mass is 163 g/mol. The van der Waals surface area contributed by atoms with Crippen molar-refractivity contribution in [3.05, 3.63) is 0 Å². The van der Waals surface area contributed by atoms with Gasteiger partial charge in [0.1, 0.15) is 0 Å². The molecule has 0 aliphatic carbocycles. The molecule has 0 heterocycles. The minimum Gasteiger partial charge on any atom is -0.248 e. The lowest BCUT2D eigenvalue weighted by Gasteiger charge is -1.96. The van der Waals surface area contributed by atoms with Crippen LogP contribution in [0.3, 0.4) is 0 Å². The first-order chi connectivity index (χ1) is 3.55. The number of halogens is 3. The minimum absolute atomic E-state index is 0.0139. The summed E-state index contributed by atoms with van der Waals surface area (Å²) in [6.45, 7) is 0. The molecule has 3 nitrogen and oxygen atoms in total. The van der Waals surface area contributed by atoms with Crippen molar-refractivity contribution in [1.82, 2.24) is 8.77 Å². The zero-order chi connectivity index (χ0) is 6.73. The number of amides is 2. The predicted molar refractivity (Wildman–Crippen MR) is 27.9 cm³/mol. The summed E-state index contributed by atoms with van der Waals surface area (Å²) in [5.74, 6) is 0. The van der Waals surface area contributed by atoms with Gasteiger partial charge in [-0.25, -0.2) is 9.62 Å². The van der Waals surface area contributed by atoms with Crippen molar-refractivity contribution in [3.8, 4) is 0 Å². The molecule has 0 rings (SSSR count). The van der Waals surface area contributed by atoms with E-state index < -0.39 is 6.03 Å². The lowest BCUT2D eigenvalue weighted by molar-refractivity contribution is 0.242. The third-order valence-corrected chi connectivity index (χ3v) is 0.651. The molecule has 0 aromatic rings. The molecule has 6 heteroatoms. The number of nitrogens with zero attached hydrogens (tertiary/aromatic N) is 1. The number of rotatable bonds is 0. The van der Waals surface area contributed by atoms with Gasteiger partial charge in [-0.15, -0.1) is 3.94 Å². The number of hydrogen-bond acceptors (Lipinski definition) is 1. The molecule has 0 saturated carbocycles. The molecule has 42 valence electrons. The van der Waals surface area contributed by atoms with E-state index in [1.807, 2.05) is 0 Å². The molecule has 0 aromatic heterocycles. The average Bonchev–Trinajstić information content (AvgIpc) is 1.64. The van der Waals surface area contributed by atoms with Crippen molar-refractivity contribution >= 4 is 41.4 Å². The third kappa shape index (κ3) is 2.79. The van der Waals surface area contributed by atoms with E-state index in [1.54, 1.807) is 0 Å². The highest BCUT2D eigenvalue weighted by atomic mass is 35.5. The van der Waals surface area contributed by atoms with E-state index in [0.29, 0.717) is 0 Å². The number of urea groups is 1. The Morgan fingerprint density at radius 3 is 2.29 bits per heavy atom. The first kappa shape index (κ1) is 5.28. The van der Waals surface area contributed by atoms with Gasteiger partial charge in [0.05, 0.1) is 0 Å². The van der Waals surface area contributed by atoms with E-state index in [0.717, 1.165) is 0 Å². The lowest BCUT2D eigenvalue weighted by atomic mass is 11.2. The van der Waals surface area contributed by atoms with Crippen LogP contribution in [0.5, 0.6) is 0 Å². The molecule has 0 aliphatic rings. The van der Waals surface area contributed by atoms with Crippen LogP contribution in [0.1, 0.15) is 0 Å². The summed E-state index contributed by atoms with van der Waals surface area (Å²) in [5.41, 5.74) is 0. The molecule has 0 spiro atoms.